The number of nitrogens with one attached hydrogen (secondary N) is 2. The third-order valence-corrected chi connectivity index (χ3v) is 3.61. The van der Waals surface area contributed by atoms with Crippen molar-refractivity contribution in [3.05, 3.63) is 0 Å². The van der Waals surface area contributed by atoms with Crippen molar-refractivity contribution in [1.29, 1.82) is 0 Å². The van der Waals surface area contributed by atoms with Gasteiger partial charge in [0, 0.05) is 46.3 Å². The zero-order valence-electron chi connectivity index (χ0n) is 12.9. The zero-order valence-corrected chi connectivity index (χ0v) is 12.9. The Morgan fingerprint density at radius 3 is 2.75 bits per heavy atom. The van der Waals surface area contributed by atoms with E-state index in [2.05, 4.69) is 22.5 Å². The molecule has 6 nitrogen and oxygen atoms in total. The van der Waals surface area contributed by atoms with Gasteiger partial charge in [-0.2, -0.15) is 0 Å². The lowest BCUT2D eigenvalue weighted by Crippen LogP contribution is -2.42. The second-order valence-electron chi connectivity index (χ2n) is 4.96. The summed E-state index contributed by atoms with van der Waals surface area (Å²) in [5.74, 6) is 1.09. The van der Waals surface area contributed by atoms with E-state index in [1.807, 2.05) is 4.90 Å². The van der Waals surface area contributed by atoms with Crippen molar-refractivity contribution >= 4 is 11.9 Å². The third kappa shape index (κ3) is 5.36. The topological polar surface area (TPSA) is 66.0 Å². The van der Waals surface area contributed by atoms with Gasteiger partial charge in [0.1, 0.15) is 0 Å². The minimum Gasteiger partial charge on any atom is -0.383 e. The van der Waals surface area contributed by atoms with E-state index < -0.39 is 0 Å². The first kappa shape index (κ1) is 16.8. The highest BCUT2D eigenvalue weighted by Crippen LogP contribution is 2.17. The molecule has 1 saturated heterocycles. The molecule has 1 rings (SSSR count). The number of hydrogen-bond donors (Lipinski definition) is 2. The van der Waals surface area contributed by atoms with Gasteiger partial charge in [-0.3, -0.25) is 9.79 Å². The molecule has 1 fully saturated rings. The number of aliphatic imine (C=N–C) groups is 1. The van der Waals surface area contributed by atoms with Crippen LogP contribution in [0.4, 0.5) is 0 Å². The van der Waals surface area contributed by atoms with Gasteiger partial charge in [0.05, 0.1) is 6.61 Å². The van der Waals surface area contributed by atoms with Crippen LogP contribution in [0.1, 0.15) is 32.6 Å². The summed E-state index contributed by atoms with van der Waals surface area (Å²) in [6.45, 7) is 5.26. The van der Waals surface area contributed by atoms with E-state index in [9.17, 15) is 4.79 Å². The van der Waals surface area contributed by atoms with Gasteiger partial charge < -0.3 is 20.3 Å². The highest BCUT2D eigenvalue weighted by molar-refractivity contribution is 5.79. The van der Waals surface area contributed by atoms with Crippen LogP contribution < -0.4 is 10.6 Å². The standard InChI is InChI=1S/C14H28N4O2/c1-4-12(18-10-5-6-13(18)19)7-8-16-14(15-2)17-9-11-20-3/h12H,4-11H2,1-3H3,(H2,15,16,17). The molecule has 116 valence electrons. The van der Waals surface area contributed by atoms with Gasteiger partial charge in [0.15, 0.2) is 5.96 Å². The first-order valence-corrected chi connectivity index (χ1v) is 7.45. The Morgan fingerprint density at radius 1 is 1.45 bits per heavy atom. The van der Waals surface area contributed by atoms with Gasteiger partial charge in [0.25, 0.3) is 0 Å². The van der Waals surface area contributed by atoms with Gasteiger partial charge in [-0.25, -0.2) is 0 Å². The van der Waals surface area contributed by atoms with Crippen LogP contribution in [0.3, 0.4) is 0 Å². The summed E-state index contributed by atoms with van der Waals surface area (Å²) in [6.07, 6.45) is 3.67. The van der Waals surface area contributed by atoms with Crippen molar-refractivity contribution in [3.8, 4) is 0 Å². The molecule has 0 aromatic carbocycles. The van der Waals surface area contributed by atoms with Crippen LogP contribution in [-0.4, -0.2) is 63.2 Å². The van der Waals surface area contributed by atoms with Crippen LogP contribution in [-0.2, 0) is 9.53 Å². The number of nitrogens with zero attached hydrogens (tertiary/aromatic N) is 2. The van der Waals surface area contributed by atoms with Gasteiger partial charge in [-0.05, 0) is 19.3 Å². The lowest BCUT2D eigenvalue weighted by molar-refractivity contribution is -0.129. The summed E-state index contributed by atoms with van der Waals surface area (Å²) < 4.78 is 4.99. The van der Waals surface area contributed by atoms with E-state index in [1.54, 1.807) is 14.2 Å². The van der Waals surface area contributed by atoms with Crippen molar-refractivity contribution in [2.24, 2.45) is 4.99 Å². The largest absolute Gasteiger partial charge is 0.383 e. The SMILES string of the molecule is CCC(CCNC(=NC)NCCOC)N1CCCC1=O. The van der Waals surface area contributed by atoms with Crippen molar-refractivity contribution in [2.75, 3.05) is 40.4 Å². The Hall–Kier alpha value is -1.30. The number of ether oxygens (including phenoxy) is 1. The Morgan fingerprint density at radius 2 is 2.20 bits per heavy atom. The molecule has 0 spiro atoms. The van der Waals surface area contributed by atoms with E-state index in [0.29, 0.717) is 25.0 Å². The number of rotatable bonds is 8. The Bertz CT molecular complexity index is 320. The van der Waals surface area contributed by atoms with E-state index in [1.165, 1.54) is 0 Å². The number of hydrogen-bond acceptors (Lipinski definition) is 3. The fourth-order valence-corrected chi connectivity index (χ4v) is 2.48. The van der Waals surface area contributed by atoms with Gasteiger partial charge in [-0.15, -0.1) is 0 Å². The van der Waals surface area contributed by atoms with E-state index in [0.717, 1.165) is 44.9 Å². The quantitative estimate of drug-likeness (QED) is 0.389. The summed E-state index contributed by atoms with van der Waals surface area (Å²) in [4.78, 5) is 17.9. The maximum Gasteiger partial charge on any atom is 0.222 e. The molecular formula is C14H28N4O2. The molecule has 0 aromatic heterocycles. The molecule has 0 bridgehead atoms. The molecule has 1 atom stereocenters. The Kier molecular flexibility index (Phi) is 8.02. The van der Waals surface area contributed by atoms with Gasteiger partial charge in [0.2, 0.25) is 5.91 Å². The van der Waals surface area contributed by atoms with Gasteiger partial charge in [-0.1, -0.05) is 6.92 Å². The number of carbonyl (C=O) groups excluding carboxylic acids is 1. The molecular weight excluding hydrogens is 256 g/mol. The Balaban J connectivity index is 2.28. The Labute approximate surface area is 122 Å². The zero-order chi connectivity index (χ0) is 14.8. The molecule has 0 radical (unpaired) electrons. The summed E-state index contributed by atoms with van der Waals surface area (Å²) in [5, 5.41) is 6.45. The van der Waals surface area contributed by atoms with Crippen LogP contribution >= 0.6 is 0 Å². The van der Waals surface area contributed by atoms with E-state index in [-0.39, 0.29) is 0 Å². The molecule has 6 heteroatoms. The maximum atomic E-state index is 11.8. The van der Waals surface area contributed by atoms with Crippen molar-refractivity contribution < 1.29 is 9.53 Å². The second kappa shape index (κ2) is 9.58. The average molecular weight is 284 g/mol. The maximum absolute atomic E-state index is 11.8. The predicted molar refractivity (Wildman–Crippen MR) is 80.9 cm³/mol. The van der Waals surface area contributed by atoms with Crippen LogP contribution in [0.5, 0.6) is 0 Å². The molecule has 1 heterocycles. The third-order valence-electron chi connectivity index (χ3n) is 3.61. The van der Waals surface area contributed by atoms with Crippen molar-refractivity contribution in [2.45, 2.75) is 38.6 Å². The van der Waals surface area contributed by atoms with E-state index >= 15 is 0 Å². The normalized spacial score (nSPS) is 17.4. The van der Waals surface area contributed by atoms with Gasteiger partial charge >= 0.3 is 0 Å². The fourth-order valence-electron chi connectivity index (χ4n) is 2.48. The molecule has 1 aliphatic rings. The average Bonchev–Trinajstić information content (AvgIpc) is 2.88. The lowest BCUT2D eigenvalue weighted by atomic mass is 10.1. The molecule has 20 heavy (non-hydrogen) atoms. The molecule has 0 aliphatic carbocycles. The molecule has 2 N–H and O–H groups in total. The van der Waals surface area contributed by atoms with Crippen LogP contribution in [0.15, 0.2) is 4.99 Å². The fraction of sp³-hybridized carbons (Fsp3) is 0.857. The lowest BCUT2D eigenvalue weighted by Gasteiger charge is -2.27. The van der Waals surface area contributed by atoms with Crippen LogP contribution in [0.25, 0.3) is 0 Å². The number of guanidine groups is 1. The highest BCUT2D eigenvalue weighted by Gasteiger charge is 2.26. The summed E-state index contributed by atoms with van der Waals surface area (Å²) in [5.41, 5.74) is 0. The second-order valence-corrected chi connectivity index (χ2v) is 4.96. The first-order chi connectivity index (χ1) is 9.72. The molecule has 0 saturated carbocycles. The number of methoxy groups -OCH3 is 1. The first-order valence-electron chi connectivity index (χ1n) is 7.45. The van der Waals surface area contributed by atoms with Crippen molar-refractivity contribution in [3.63, 3.8) is 0 Å². The molecule has 1 unspecified atom stereocenters. The number of likely N-dealkylation sites (tertiary alicyclic amines) is 1. The predicted octanol–water partition coefficient (Wildman–Crippen LogP) is 0.589. The van der Waals surface area contributed by atoms with Crippen molar-refractivity contribution in [1.82, 2.24) is 15.5 Å². The smallest absolute Gasteiger partial charge is 0.222 e. The minimum atomic E-state index is 0.305. The minimum absolute atomic E-state index is 0.305. The number of amides is 1. The van der Waals surface area contributed by atoms with E-state index in [4.69, 9.17) is 4.74 Å². The summed E-state index contributed by atoms with van der Waals surface area (Å²) in [6, 6.07) is 0.342. The van der Waals surface area contributed by atoms with Crippen LogP contribution in [0, 0.1) is 0 Å². The highest BCUT2D eigenvalue weighted by atomic mass is 16.5. The molecule has 0 aromatic rings. The monoisotopic (exact) mass is 284 g/mol. The van der Waals surface area contributed by atoms with Crippen LogP contribution in [0.2, 0.25) is 0 Å². The molecule has 1 amide bonds. The number of carbonyl (C=O) groups is 1. The summed E-state index contributed by atoms with van der Waals surface area (Å²) in [7, 11) is 3.43. The summed E-state index contributed by atoms with van der Waals surface area (Å²) >= 11 is 0. The molecule has 1 aliphatic heterocycles.